The number of hydrogen-bond acceptors (Lipinski definition) is 4. The lowest BCUT2D eigenvalue weighted by atomic mass is 9.77. The molecule has 3 unspecified atom stereocenters. The van der Waals surface area contributed by atoms with E-state index in [4.69, 9.17) is 9.47 Å². The van der Waals surface area contributed by atoms with Gasteiger partial charge in [0.1, 0.15) is 17.2 Å². The van der Waals surface area contributed by atoms with Crippen LogP contribution in [0, 0.1) is 17.7 Å². The largest absolute Gasteiger partial charge is 0.497 e. The Morgan fingerprint density at radius 1 is 1.03 bits per heavy atom. The minimum absolute atomic E-state index is 0.0351. The summed E-state index contributed by atoms with van der Waals surface area (Å²) in [5, 5.41) is 3.08. The fourth-order valence-electron chi connectivity index (χ4n) is 5.45. The van der Waals surface area contributed by atoms with Crippen LogP contribution >= 0.6 is 0 Å². The van der Waals surface area contributed by atoms with Crippen LogP contribution in [0.1, 0.15) is 51.2 Å². The Labute approximate surface area is 218 Å². The molecule has 7 nitrogen and oxygen atoms in total. The number of urea groups is 1. The predicted octanol–water partition coefficient (Wildman–Crippen LogP) is 5.58. The zero-order valence-corrected chi connectivity index (χ0v) is 22.2. The van der Waals surface area contributed by atoms with Crippen LogP contribution in [-0.4, -0.2) is 53.8 Å². The molecule has 0 radical (unpaired) electrons. The monoisotopic (exact) mass is 511 g/mol. The highest BCUT2D eigenvalue weighted by Crippen LogP contribution is 2.40. The number of hydrogen-bond donors (Lipinski definition) is 1. The van der Waals surface area contributed by atoms with E-state index >= 15 is 0 Å². The van der Waals surface area contributed by atoms with Crippen molar-refractivity contribution in [3.05, 3.63) is 65.5 Å². The highest BCUT2D eigenvalue weighted by atomic mass is 19.1. The van der Waals surface area contributed by atoms with E-state index in [2.05, 4.69) is 5.32 Å². The first kappa shape index (κ1) is 26.8. The maximum absolute atomic E-state index is 13.6. The molecule has 2 aliphatic rings. The average Bonchev–Trinajstić information content (AvgIpc) is 3.31. The number of carbonyl (C=O) groups is 2. The van der Waals surface area contributed by atoms with Gasteiger partial charge in [-0.15, -0.1) is 0 Å². The molecule has 8 heteroatoms. The Hall–Kier alpha value is -3.29. The molecule has 0 aromatic heterocycles. The van der Waals surface area contributed by atoms with Crippen molar-refractivity contribution in [2.24, 2.45) is 11.8 Å². The van der Waals surface area contributed by atoms with Gasteiger partial charge in [0, 0.05) is 38.1 Å². The first-order valence-corrected chi connectivity index (χ1v) is 13.0. The first-order valence-electron chi connectivity index (χ1n) is 13.0. The average molecular weight is 512 g/mol. The van der Waals surface area contributed by atoms with Gasteiger partial charge in [-0.2, -0.15) is 0 Å². The minimum Gasteiger partial charge on any atom is -0.497 e. The van der Waals surface area contributed by atoms with Gasteiger partial charge in [0.15, 0.2) is 0 Å². The second-order valence-corrected chi connectivity index (χ2v) is 11.1. The Balaban J connectivity index is 1.51. The highest BCUT2D eigenvalue weighted by molar-refractivity contribution is 5.75. The molecule has 3 amide bonds. The Kier molecular flexibility index (Phi) is 8.25. The highest BCUT2D eigenvalue weighted by Gasteiger charge is 2.45. The number of nitrogens with zero attached hydrogens (tertiary/aromatic N) is 2. The number of likely N-dealkylation sites (tertiary alicyclic amines) is 1. The van der Waals surface area contributed by atoms with Gasteiger partial charge in [-0.25, -0.2) is 14.0 Å². The molecule has 2 fully saturated rings. The number of rotatable bonds is 6. The zero-order valence-electron chi connectivity index (χ0n) is 22.2. The molecule has 1 N–H and O–H groups in total. The van der Waals surface area contributed by atoms with Crippen molar-refractivity contribution >= 4 is 12.1 Å². The fourth-order valence-corrected chi connectivity index (χ4v) is 5.45. The van der Waals surface area contributed by atoms with E-state index in [0.29, 0.717) is 32.1 Å². The maximum atomic E-state index is 13.6. The number of halogens is 1. The lowest BCUT2D eigenvalue weighted by Gasteiger charge is -2.41. The maximum Gasteiger partial charge on any atom is 0.410 e. The summed E-state index contributed by atoms with van der Waals surface area (Å²) in [5.41, 5.74) is 1.28. The second kappa shape index (κ2) is 11.4. The van der Waals surface area contributed by atoms with Gasteiger partial charge in [0.25, 0.3) is 0 Å². The molecule has 3 atom stereocenters. The summed E-state index contributed by atoms with van der Waals surface area (Å²) >= 11 is 0. The van der Waals surface area contributed by atoms with Crippen LogP contribution < -0.4 is 10.1 Å². The summed E-state index contributed by atoms with van der Waals surface area (Å²) < 4.78 is 24.4. The zero-order chi connectivity index (χ0) is 26.6. The lowest BCUT2D eigenvalue weighted by molar-refractivity contribution is 0.0279. The molecule has 200 valence electrons. The molecular weight excluding hydrogens is 473 g/mol. The van der Waals surface area contributed by atoms with Crippen LogP contribution in [0.4, 0.5) is 14.0 Å². The quantitative estimate of drug-likeness (QED) is 0.550. The number of fused-ring (bicyclic) bond motifs is 1. The third kappa shape index (κ3) is 6.93. The summed E-state index contributed by atoms with van der Waals surface area (Å²) in [6.45, 7) is 7.57. The van der Waals surface area contributed by atoms with Crippen LogP contribution in [0.15, 0.2) is 48.5 Å². The van der Waals surface area contributed by atoms with Gasteiger partial charge >= 0.3 is 12.1 Å². The summed E-state index contributed by atoms with van der Waals surface area (Å²) in [7, 11) is 1.62. The van der Waals surface area contributed by atoms with E-state index in [0.717, 1.165) is 36.1 Å². The molecule has 1 aliphatic carbocycles. The van der Waals surface area contributed by atoms with E-state index in [1.165, 1.54) is 12.1 Å². The van der Waals surface area contributed by atoms with Crippen molar-refractivity contribution in [2.75, 3.05) is 20.2 Å². The smallest absolute Gasteiger partial charge is 0.410 e. The topological polar surface area (TPSA) is 71.1 Å². The third-order valence-corrected chi connectivity index (χ3v) is 7.24. The van der Waals surface area contributed by atoms with Crippen LogP contribution in [0.3, 0.4) is 0 Å². The van der Waals surface area contributed by atoms with Gasteiger partial charge in [-0.3, -0.25) is 0 Å². The molecule has 2 aromatic carbocycles. The molecule has 37 heavy (non-hydrogen) atoms. The minimum atomic E-state index is -0.555. The van der Waals surface area contributed by atoms with E-state index in [9.17, 15) is 14.0 Å². The molecule has 1 heterocycles. The van der Waals surface area contributed by atoms with Crippen LogP contribution in [0.2, 0.25) is 0 Å². The van der Waals surface area contributed by atoms with E-state index in [-0.39, 0.29) is 29.9 Å². The van der Waals surface area contributed by atoms with Crippen LogP contribution in [0.5, 0.6) is 5.75 Å². The van der Waals surface area contributed by atoms with E-state index in [1.807, 2.05) is 49.9 Å². The molecule has 0 spiro atoms. The van der Waals surface area contributed by atoms with Crippen molar-refractivity contribution in [3.8, 4) is 5.75 Å². The number of carbonyl (C=O) groups excluding carboxylic acids is 2. The summed E-state index contributed by atoms with van der Waals surface area (Å²) in [4.78, 5) is 30.1. The lowest BCUT2D eigenvalue weighted by Crippen LogP contribution is -2.51. The molecule has 0 bridgehead atoms. The number of amides is 3. The molecular formula is C29H38FN3O4. The van der Waals surface area contributed by atoms with Gasteiger partial charge in [-0.1, -0.05) is 30.7 Å². The van der Waals surface area contributed by atoms with Crippen molar-refractivity contribution in [1.29, 1.82) is 0 Å². The third-order valence-electron chi connectivity index (χ3n) is 7.24. The Morgan fingerprint density at radius 2 is 1.70 bits per heavy atom. The van der Waals surface area contributed by atoms with E-state index < -0.39 is 5.60 Å². The summed E-state index contributed by atoms with van der Waals surface area (Å²) in [6, 6.07) is 13.7. The summed E-state index contributed by atoms with van der Waals surface area (Å²) in [6.07, 6.45) is 2.58. The van der Waals surface area contributed by atoms with Crippen LogP contribution in [-0.2, 0) is 17.8 Å². The molecule has 2 aromatic rings. The van der Waals surface area contributed by atoms with Crippen molar-refractivity contribution < 1.29 is 23.5 Å². The van der Waals surface area contributed by atoms with Crippen molar-refractivity contribution in [2.45, 2.75) is 64.8 Å². The van der Waals surface area contributed by atoms with Gasteiger partial charge < -0.3 is 24.6 Å². The Morgan fingerprint density at radius 3 is 2.35 bits per heavy atom. The fraction of sp³-hybridized carbons (Fsp3) is 0.517. The number of ether oxygens (including phenoxy) is 2. The Bertz CT molecular complexity index is 1070. The predicted molar refractivity (Wildman–Crippen MR) is 140 cm³/mol. The molecule has 1 aliphatic heterocycles. The molecule has 1 saturated carbocycles. The first-order chi connectivity index (χ1) is 17.6. The number of benzene rings is 2. The normalized spacial score (nSPS) is 21.2. The standard InChI is InChI=1S/C29H38FN3O4/c1-29(2,3)37-28(35)32-18-22-6-5-7-26(25(22)19-32)33(17-21-8-12-23(30)13-9-21)27(34)31-16-20-10-14-24(36-4)15-11-20/h8-15,22,25-26H,5-7,16-19H2,1-4H3,(H,31,34). The molecule has 1 saturated heterocycles. The summed E-state index contributed by atoms with van der Waals surface area (Å²) in [5.74, 6) is 0.933. The number of nitrogens with one attached hydrogen (secondary N) is 1. The molecule has 4 rings (SSSR count). The van der Waals surface area contributed by atoms with Crippen molar-refractivity contribution in [3.63, 3.8) is 0 Å². The van der Waals surface area contributed by atoms with Gasteiger partial charge in [0.2, 0.25) is 0 Å². The van der Waals surface area contributed by atoms with Crippen molar-refractivity contribution in [1.82, 2.24) is 15.1 Å². The van der Waals surface area contributed by atoms with Gasteiger partial charge in [-0.05, 0) is 74.9 Å². The second-order valence-electron chi connectivity index (χ2n) is 11.1. The van der Waals surface area contributed by atoms with Gasteiger partial charge in [0.05, 0.1) is 7.11 Å². The van der Waals surface area contributed by atoms with E-state index in [1.54, 1.807) is 24.1 Å². The van der Waals surface area contributed by atoms with Crippen LogP contribution in [0.25, 0.3) is 0 Å². The number of methoxy groups -OCH3 is 1. The SMILES string of the molecule is COc1ccc(CNC(=O)N(Cc2ccc(F)cc2)C2CCCC3CN(C(=O)OC(C)(C)C)CC32)cc1.